The minimum absolute atomic E-state index is 0.0694. The van der Waals surface area contributed by atoms with E-state index in [9.17, 15) is 0 Å². The minimum atomic E-state index is 0.0694. The molecule has 1 aromatic carbocycles. The van der Waals surface area contributed by atoms with Crippen LogP contribution in [0.15, 0.2) is 18.2 Å². The fraction of sp³-hybridized carbons (Fsp3) is 0.625. The van der Waals surface area contributed by atoms with Crippen LogP contribution in [0.5, 0.6) is 5.75 Å². The Labute approximate surface area is 116 Å². The lowest BCUT2D eigenvalue weighted by molar-refractivity contribution is 0.377. The second-order valence-corrected chi connectivity index (χ2v) is 6.16. The van der Waals surface area contributed by atoms with Crippen LogP contribution in [-0.2, 0) is 5.41 Å². The maximum Gasteiger partial charge on any atom is 0.122 e. The monoisotopic (exact) mass is 262 g/mol. The van der Waals surface area contributed by atoms with E-state index in [1.807, 2.05) is 0 Å². The van der Waals surface area contributed by atoms with Crippen molar-refractivity contribution in [1.82, 2.24) is 10.6 Å². The summed E-state index contributed by atoms with van der Waals surface area (Å²) in [6.07, 6.45) is 1.22. The first-order chi connectivity index (χ1) is 9.03. The van der Waals surface area contributed by atoms with Crippen molar-refractivity contribution >= 4 is 0 Å². The summed E-state index contributed by atoms with van der Waals surface area (Å²) in [7, 11) is 1.75. The van der Waals surface area contributed by atoms with Crippen molar-refractivity contribution in [3.05, 3.63) is 29.3 Å². The van der Waals surface area contributed by atoms with Gasteiger partial charge in [0.2, 0.25) is 0 Å². The summed E-state index contributed by atoms with van der Waals surface area (Å²) in [6.45, 7) is 9.87. The summed E-state index contributed by atoms with van der Waals surface area (Å²) < 4.78 is 5.52. The zero-order valence-electron chi connectivity index (χ0n) is 12.5. The molecule has 0 radical (unpaired) electrons. The van der Waals surface area contributed by atoms with Gasteiger partial charge in [0.05, 0.1) is 7.11 Å². The topological polar surface area (TPSA) is 33.3 Å². The predicted octanol–water partition coefficient (Wildman–Crippen LogP) is 2.23. The molecule has 0 bridgehead atoms. The Balaban J connectivity index is 2.10. The summed E-state index contributed by atoms with van der Waals surface area (Å²) in [6, 6.07) is 7.03. The van der Waals surface area contributed by atoms with Crippen molar-refractivity contribution in [2.45, 2.75) is 38.6 Å². The fourth-order valence-corrected chi connectivity index (χ4v) is 2.67. The fourth-order valence-electron chi connectivity index (χ4n) is 2.67. The number of nitrogens with one attached hydrogen (secondary N) is 2. The molecule has 0 amide bonds. The van der Waals surface area contributed by atoms with E-state index < -0.39 is 0 Å². The van der Waals surface area contributed by atoms with Gasteiger partial charge in [0.1, 0.15) is 5.75 Å². The molecule has 3 heteroatoms. The van der Waals surface area contributed by atoms with E-state index in [0.717, 1.165) is 25.4 Å². The quantitative estimate of drug-likeness (QED) is 0.854. The second-order valence-electron chi connectivity index (χ2n) is 6.16. The lowest BCUT2D eigenvalue weighted by atomic mass is 9.83. The normalized spacial score (nSPS) is 19.7. The van der Waals surface area contributed by atoms with Gasteiger partial charge in [-0.1, -0.05) is 31.5 Å². The Hall–Kier alpha value is -1.06. The largest absolute Gasteiger partial charge is 0.496 e. The van der Waals surface area contributed by atoms with Gasteiger partial charge in [0, 0.05) is 30.1 Å². The van der Waals surface area contributed by atoms with Crippen LogP contribution in [-0.4, -0.2) is 32.8 Å². The Kier molecular flexibility index (Phi) is 4.48. The van der Waals surface area contributed by atoms with E-state index in [1.54, 1.807) is 7.11 Å². The Morgan fingerprint density at radius 2 is 2.21 bits per heavy atom. The first kappa shape index (κ1) is 14.4. The molecule has 1 heterocycles. The van der Waals surface area contributed by atoms with Crippen molar-refractivity contribution in [2.75, 3.05) is 26.7 Å². The van der Waals surface area contributed by atoms with Gasteiger partial charge in [-0.3, -0.25) is 0 Å². The van der Waals surface area contributed by atoms with Gasteiger partial charge in [0.15, 0.2) is 0 Å². The Morgan fingerprint density at radius 3 is 2.84 bits per heavy atom. The van der Waals surface area contributed by atoms with Gasteiger partial charge in [-0.2, -0.15) is 0 Å². The predicted molar refractivity (Wildman–Crippen MR) is 80.0 cm³/mol. The number of methoxy groups -OCH3 is 1. The van der Waals surface area contributed by atoms with Crippen molar-refractivity contribution in [2.24, 2.45) is 0 Å². The third-order valence-electron chi connectivity index (χ3n) is 3.98. The molecular formula is C16H26N2O. The summed E-state index contributed by atoms with van der Waals surface area (Å²) in [4.78, 5) is 0. The number of hydrogen-bond donors (Lipinski definition) is 2. The highest BCUT2D eigenvalue weighted by Crippen LogP contribution is 2.32. The highest BCUT2D eigenvalue weighted by Gasteiger charge is 2.26. The molecule has 1 unspecified atom stereocenters. The number of aryl methyl sites for hydroxylation is 1. The number of ether oxygens (including phenoxy) is 1. The molecule has 2 N–H and O–H groups in total. The van der Waals surface area contributed by atoms with Gasteiger partial charge in [0.25, 0.3) is 0 Å². The zero-order chi connectivity index (χ0) is 13.9. The smallest absolute Gasteiger partial charge is 0.122 e. The molecule has 1 atom stereocenters. The molecule has 1 fully saturated rings. The Bertz CT molecular complexity index is 423. The van der Waals surface area contributed by atoms with Gasteiger partial charge in [-0.05, 0) is 26.0 Å². The third-order valence-corrected chi connectivity index (χ3v) is 3.98. The van der Waals surface area contributed by atoms with Crippen LogP contribution in [0.2, 0.25) is 0 Å². The van der Waals surface area contributed by atoms with Crippen molar-refractivity contribution < 1.29 is 4.74 Å². The lowest BCUT2D eigenvalue weighted by Gasteiger charge is -2.29. The molecule has 0 aromatic heterocycles. The summed E-state index contributed by atoms with van der Waals surface area (Å²) >= 11 is 0. The molecule has 3 nitrogen and oxygen atoms in total. The number of benzene rings is 1. The van der Waals surface area contributed by atoms with Crippen LogP contribution in [0, 0.1) is 6.92 Å². The highest BCUT2D eigenvalue weighted by molar-refractivity contribution is 5.41. The molecular weight excluding hydrogens is 236 g/mol. The highest BCUT2D eigenvalue weighted by atomic mass is 16.5. The van der Waals surface area contributed by atoms with Crippen molar-refractivity contribution in [3.63, 3.8) is 0 Å². The SMILES string of the molecule is COc1ccc(C)cc1C(C)(C)CNC1CCNC1. The summed E-state index contributed by atoms with van der Waals surface area (Å²) in [5, 5.41) is 7.07. The van der Waals surface area contributed by atoms with Gasteiger partial charge < -0.3 is 15.4 Å². The van der Waals surface area contributed by atoms with E-state index >= 15 is 0 Å². The van der Waals surface area contributed by atoms with E-state index in [0.29, 0.717) is 6.04 Å². The van der Waals surface area contributed by atoms with Gasteiger partial charge in [-0.25, -0.2) is 0 Å². The second kappa shape index (κ2) is 5.93. The molecule has 0 saturated carbocycles. The molecule has 1 aromatic rings. The van der Waals surface area contributed by atoms with E-state index in [-0.39, 0.29) is 5.41 Å². The molecule has 106 valence electrons. The van der Waals surface area contributed by atoms with E-state index in [2.05, 4.69) is 49.6 Å². The molecule has 0 spiro atoms. The Morgan fingerprint density at radius 1 is 1.42 bits per heavy atom. The summed E-state index contributed by atoms with van der Waals surface area (Å²) in [5.74, 6) is 0.988. The molecule has 19 heavy (non-hydrogen) atoms. The van der Waals surface area contributed by atoms with Crippen LogP contribution >= 0.6 is 0 Å². The molecule has 2 rings (SSSR count). The van der Waals surface area contributed by atoms with Gasteiger partial charge >= 0.3 is 0 Å². The zero-order valence-corrected chi connectivity index (χ0v) is 12.5. The minimum Gasteiger partial charge on any atom is -0.496 e. The van der Waals surface area contributed by atoms with E-state index in [4.69, 9.17) is 4.74 Å². The molecule has 1 saturated heterocycles. The van der Waals surface area contributed by atoms with Crippen LogP contribution < -0.4 is 15.4 Å². The van der Waals surface area contributed by atoms with Crippen molar-refractivity contribution in [3.8, 4) is 5.75 Å². The summed E-state index contributed by atoms with van der Waals surface area (Å²) in [5.41, 5.74) is 2.64. The molecule has 1 aliphatic heterocycles. The van der Waals surface area contributed by atoms with Crippen LogP contribution in [0.1, 0.15) is 31.4 Å². The molecule has 0 aliphatic carbocycles. The lowest BCUT2D eigenvalue weighted by Crippen LogP contribution is -2.40. The number of rotatable bonds is 5. The van der Waals surface area contributed by atoms with Crippen LogP contribution in [0.25, 0.3) is 0 Å². The maximum atomic E-state index is 5.52. The van der Waals surface area contributed by atoms with Crippen molar-refractivity contribution in [1.29, 1.82) is 0 Å². The maximum absolute atomic E-state index is 5.52. The first-order valence-electron chi connectivity index (χ1n) is 7.12. The first-order valence-corrected chi connectivity index (χ1v) is 7.12. The average molecular weight is 262 g/mol. The standard InChI is InChI=1S/C16H26N2O/c1-12-5-6-15(19-4)14(9-12)16(2,3)11-18-13-7-8-17-10-13/h5-6,9,13,17-18H,7-8,10-11H2,1-4H3. The van der Waals surface area contributed by atoms with E-state index in [1.165, 1.54) is 17.5 Å². The third kappa shape index (κ3) is 3.48. The van der Waals surface area contributed by atoms with Crippen LogP contribution in [0.4, 0.5) is 0 Å². The van der Waals surface area contributed by atoms with Crippen LogP contribution in [0.3, 0.4) is 0 Å². The van der Waals surface area contributed by atoms with Gasteiger partial charge in [-0.15, -0.1) is 0 Å². The number of hydrogen-bond acceptors (Lipinski definition) is 3. The average Bonchev–Trinajstić information content (AvgIpc) is 2.89. The molecule has 1 aliphatic rings.